The number of carbonyl (C=O) groups excluding carboxylic acids is 4. The van der Waals surface area contributed by atoms with Crippen LogP contribution in [0, 0.1) is 12.3 Å². The Labute approximate surface area is 144 Å². The predicted molar refractivity (Wildman–Crippen MR) is 80.8 cm³/mol. The van der Waals surface area contributed by atoms with Crippen molar-refractivity contribution in [2.24, 2.45) is 0 Å². The van der Waals surface area contributed by atoms with E-state index in [0.29, 0.717) is 0 Å². The number of esters is 4. The van der Waals surface area contributed by atoms with Crippen molar-refractivity contribution in [3.05, 3.63) is 0 Å². The molecular formula is C16H20O9. The van der Waals surface area contributed by atoms with E-state index in [-0.39, 0.29) is 6.61 Å². The first-order valence-corrected chi connectivity index (χ1v) is 7.42. The van der Waals surface area contributed by atoms with Crippen molar-refractivity contribution < 1.29 is 42.9 Å². The molecule has 1 rings (SSSR count). The molecule has 9 nitrogen and oxygen atoms in total. The Morgan fingerprint density at radius 1 is 0.840 bits per heavy atom. The third-order valence-corrected chi connectivity index (χ3v) is 3.16. The van der Waals surface area contributed by atoms with Crippen LogP contribution in [0.25, 0.3) is 0 Å². The Kier molecular flexibility index (Phi) is 7.39. The first kappa shape index (κ1) is 20.4. The largest absolute Gasteiger partial charge is 0.463 e. The first-order valence-electron chi connectivity index (χ1n) is 7.42. The summed E-state index contributed by atoms with van der Waals surface area (Å²) in [4.78, 5) is 45.3. The van der Waals surface area contributed by atoms with Gasteiger partial charge in [-0.3, -0.25) is 19.2 Å². The summed E-state index contributed by atoms with van der Waals surface area (Å²) < 4.78 is 25.9. The lowest BCUT2D eigenvalue weighted by Crippen LogP contribution is -2.62. The molecular weight excluding hydrogens is 336 g/mol. The monoisotopic (exact) mass is 356 g/mol. The summed E-state index contributed by atoms with van der Waals surface area (Å²) in [5, 5.41) is 0. The molecule has 9 heteroatoms. The molecule has 0 unspecified atom stereocenters. The molecule has 0 spiro atoms. The van der Waals surface area contributed by atoms with Crippen LogP contribution in [0.4, 0.5) is 0 Å². The second-order valence-corrected chi connectivity index (χ2v) is 5.29. The summed E-state index contributed by atoms with van der Waals surface area (Å²) >= 11 is 0. The predicted octanol–water partition coefficient (Wildman–Crippen LogP) is -0.255. The van der Waals surface area contributed by atoms with Gasteiger partial charge in [-0.2, -0.15) is 0 Å². The van der Waals surface area contributed by atoms with Gasteiger partial charge in [-0.1, -0.05) is 5.92 Å². The van der Waals surface area contributed by atoms with Crippen molar-refractivity contribution in [3.8, 4) is 12.3 Å². The van der Waals surface area contributed by atoms with Crippen LogP contribution in [0.3, 0.4) is 0 Å². The summed E-state index contributed by atoms with van der Waals surface area (Å²) in [6.07, 6.45) is -0.298. The molecule has 5 atom stereocenters. The topological polar surface area (TPSA) is 114 Å². The van der Waals surface area contributed by atoms with Crippen molar-refractivity contribution in [1.29, 1.82) is 0 Å². The van der Waals surface area contributed by atoms with Crippen LogP contribution in [0.5, 0.6) is 0 Å². The zero-order valence-electron chi connectivity index (χ0n) is 14.3. The van der Waals surface area contributed by atoms with Gasteiger partial charge >= 0.3 is 23.9 Å². The zero-order chi connectivity index (χ0) is 19.1. The first-order chi connectivity index (χ1) is 11.6. The Bertz CT molecular complexity index is 577. The average molecular weight is 356 g/mol. The minimum atomic E-state index is -1.22. The van der Waals surface area contributed by atoms with Gasteiger partial charge in [-0.25, -0.2) is 0 Å². The number of ether oxygens (including phenoxy) is 5. The fourth-order valence-electron chi connectivity index (χ4n) is 2.36. The van der Waals surface area contributed by atoms with Crippen LogP contribution in [0.1, 0.15) is 27.7 Å². The molecule has 1 heterocycles. The van der Waals surface area contributed by atoms with Crippen LogP contribution in [-0.4, -0.2) is 61.0 Å². The molecule has 0 aromatic rings. The van der Waals surface area contributed by atoms with Gasteiger partial charge in [0.25, 0.3) is 0 Å². The summed E-state index contributed by atoms with van der Waals surface area (Å²) in [6, 6.07) is 0. The van der Waals surface area contributed by atoms with Crippen LogP contribution in [0.15, 0.2) is 0 Å². The van der Waals surface area contributed by atoms with Gasteiger partial charge in [0, 0.05) is 27.7 Å². The highest BCUT2D eigenvalue weighted by Crippen LogP contribution is 2.28. The van der Waals surface area contributed by atoms with E-state index in [2.05, 4.69) is 5.92 Å². The van der Waals surface area contributed by atoms with Crippen LogP contribution in [0.2, 0.25) is 0 Å². The van der Waals surface area contributed by atoms with Gasteiger partial charge in [-0.15, -0.1) is 6.42 Å². The molecule has 0 amide bonds. The molecule has 1 aliphatic rings. The molecule has 0 radical (unpaired) electrons. The van der Waals surface area contributed by atoms with Gasteiger partial charge in [0.05, 0.1) is 0 Å². The minimum Gasteiger partial charge on any atom is -0.463 e. The lowest BCUT2D eigenvalue weighted by atomic mass is 9.94. The van der Waals surface area contributed by atoms with Gasteiger partial charge in [-0.05, 0) is 0 Å². The maximum Gasteiger partial charge on any atom is 0.303 e. The van der Waals surface area contributed by atoms with Crippen LogP contribution >= 0.6 is 0 Å². The Balaban J connectivity index is 3.21. The van der Waals surface area contributed by atoms with Gasteiger partial charge < -0.3 is 23.7 Å². The summed E-state index contributed by atoms with van der Waals surface area (Å²) in [5.74, 6) is -0.396. The van der Waals surface area contributed by atoms with Gasteiger partial charge in [0.15, 0.2) is 24.4 Å². The lowest BCUT2D eigenvalue weighted by molar-refractivity contribution is -0.242. The molecule has 0 aromatic carbocycles. The normalized spacial score (nSPS) is 28.2. The summed E-state index contributed by atoms with van der Waals surface area (Å²) in [6.45, 7) is 4.31. The van der Waals surface area contributed by atoms with Crippen molar-refractivity contribution >= 4 is 23.9 Å². The fourth-order valence-corrected chi connectivity index (χ4v) is 2.36. The van der Waals surface area contributed by atoms with Gasteiger partial charge in [0.2, 0.25) is 0 Å². The third-order valence-electron chi connectivity index (χ3n) is 3.16. The quantitative estimate of drug-likeness (QED) is 0.373. The molecule has 0 aliphatic carbocycles. The number of hydrogen-bond acceptors (Lipinski definition) is 9. The highest BCUT2D eigenvalue weighted by atomic mass is 16.7. The van der Waals surface area contributed by atoms with E-state index in [4.69, 9.17) is 30.1 Å². The van der Waals surface area contributed by atoms with E-state index in [1.807, 2.05) is 0 Å². The molecule has 1 aliphatic heterocycles. The van der Waals surface area contributed by atoms with Crippen molar-refractivity contribution in [3.63, 3.8) is 0 Å². The molecule has 0 N–H and O–H groups in total. The smallest absolute Gasteiger partial charge is 0.303 e. The van der Waals surface area contributed by atoms with E-state index in [9.17, 15) is 19.2 Å². The highest BCUT2D eigenvalue weighted by Gasteiger charge is 2.51. The molecule has 0 aromatic heterocycles. The number of terminal acetylenes is 1. The minimum absolute atomic E-state index is 0.296. The third kappa shape index (κ3) is 6.08. The highest BCUT2D eigenvalue weighted by molar-refractivity contribution is 5.68. The molecule has 1 fully saturated rings. The van der Waals surface area contributed by atoms with E-state index in [1.54, 1.807) is 0 Å². The van der Waals surface area contributed by atoms with E-state index in [0.717, 1.165) is 20.8 Å². The molecule has 0 bridgehead atoms. The second kappa shape index (κ2) is 9.03. The van der Waals surface area contributed by atoms with E-state index in [1.165, 1.54) is 6.92 Å². The maximum atomic E-state index is 11.5. The van der Waals surface area contributed by atoms with Crippen LogP contribution in [-0.2, 0) is 42.9 Å². The van der Waals surface area contributed by atoms with Gasteiger partial charge in [0.1, 0.15) is 12.7 Å². The van der Waals surface area contributed by atoms with E-state index >= 15 is 0 Å². The number of hydrogen-bond donors (Lipinski definition) is 0. The summed E-state index contributed by atoms with van der Waals surface area (Å²) in [5.41, 5.74) is 0. The second-order valence-electron chi connectivity index (χ2n) is 5.29. The maximum absolute atomic E-state index is 11.5. The molecule has 138 valence electrons. The van der Waals surface area contributed by atoms with E-state index < -0.39 is 54.4 Å². The Morgan fingerprint density at radius 2 is 1.32 bits per heavy atom. The van der Waals surface area contributed by atoms with Crippen LogP contribution < -0.4 is 0 Å². The van der Waals surface area contributed by atoms with Crippen molar-refractivity contribution in [2.45, 2.75) is 58.2 Å². The molecule has 25 heavy (non-hydrogen) atoms. The molecule has 0 saturated carbocycles. The zero-order valence-corrected chi connectivity index (χ0v) is 14.3. The standard InChI is InChI=1S/C16H20O9/c1-6-12-14(22-9(3)18)16(24-11(5)20)15(23-10(4)19)13(25-12)7-21-8(2)17/h1,12-16H,7H2,2-5H3/t12-,13+,14+,15+,16+/m0/s1. The average Bonchev–Trinajstić information content (AvgIpc) is 2.48. The summed E-state index contributed by atoms with van der Waals surface area (Å²) in [7, 11) is 0. The number of rotatable bonds is 5. The Hall–Kier alpha value is -2.60. The van der Waals surface area contributed by atoms with Crippen molar-refractivity contribution in [1.82, 2.24) is 0 Å². The number of carbonyl (C=O) groups is 4. The molecule has 1 saturated heterocycles. The SMILES string of the molecule is C#C[C@@H]1O[C@H](COC(C)=O)[C@@H](OC(C)=O)[C@H](OC(C)=O)[C@@H]1OC(C)=O. The van der Waals surface area contributed by atoms with Crippen molar-refractivity contribution in [2.75, 3.05) is 6.61 Å². The Morgan fingerprint density at radius 3 is 1.76 bits per heavy atom. The lowest BCUT2D eigenvalue weighted by Gasteiger charge is -2.42. The fraction of sp³-hybridized carbons (Fsp3) is 0.625.